The lowest BCUT2D eigenvalue weighted by Gasteiger charge is -2.28. The van der Waals surface area contributed by atoms with Crippen molar-refractivity contribution in [1.29, 1.82) is 0 Å². The molecule has 0 saturated heterocycles. The number of nitrogens with one attached hydrogen (secondary N) is 1. The van der Waals surface area contributed by atoms with Gasteiger partial charge in [-0.05, 0) is 37.3 Å². The molecule has 0 aliphatic heterocycles. The van der Waals surface area contributed by atoms with Gasteiger partial charge in [-0.2, -0.15) is 13.2 Å². The number of alkyl halides is 3. The van der Waals surface area contributed by atoms with E-state index in [0.717, 1.165) is 22.7 Å². The van der Waals surface area contributed by atoms with E-state index in [1.54, 1.807) is 18.2 Å². The number of carbonyl (C=O) groups excluding carboxylic acids is 1. The molecule has 0 saturated carbocycles. The Bertz CT molecular complexity index is 934. The standard InChI is InChI=1S/C17H16ClF3N2O3S/c1-11(23(27(2,25)26)13-6-4-3-5-7-13)16(24)22-15-10-12(17(19,20)21)8-9-14(15)18/h3-11H,1-2H3,(H,22,24)/t11-/m0/s1. The molecule has 10 heteroatoms. The first-order chi connectivity index (χ1) is 12.4. The van der Waals surface area contributed by atoms with Crippen LogP contribution in [0.2, 0.25) is 5.02 Å². The largest absolute Gasteiger partial charge is 0.416 e. The van der Waals surface area contributed by atoms with Crippen LogP contribution in [0.5, 0.6) is 0 Å². The maximum Gasteiger partial charge on any atom is 0.416 e. The Balaban J connectivity index is 2.34. The minimum atomic E-state index is -4.61. The van der Waals surface area contributed by atoms with Crippen LogP contribution in [0.3, 0.4) is 0 Å². The Morgan fingerprint density at radius 1 is 1.15 bits per heavy atom. The molecule has 27 heavy (non-hydrogen) atoms. The topological polar surface area (TPSA) is 66.5 Å². The predicted molar refractivity (Wildman–Crippen MR) is 98.3 cm³/mol. The second-order valence-corrected chi connectivity index (χ2v) is 8.02. The van der Waals surface area contributed by atoms with Crippen LogP contribution in [-0.2, 0) is 21.0 Å². The molecular formula is C17H16ClF3N2O3S. The number of nitrogens with zero attached hydrogens (tertiary/aromatic N) is 1. The summed E-state index contributed by atoms with van der Waals surface area (Å²) < 4.78 is 63.8. The number of rotatable bonds is 5. The summed E-state index contributed by atoms with van der Waals surface area (Å²) in [5.74, 6) is -0.828. The number of hydrogen-bond donors (Lipinski definition) is 1. The van der Waals surface area contributed by atoms with Gasteiger partial charge in [-0.1, -0.05) is 29.8 Å². The van der Waals surface area contributed by atoms with Crippen molar-refractivity contribution in [2.24, 2.45) is 0 Å². The van der Waals surface area contributed by atoms with Crippen molar-refractivity contribution in [3.8, 4) is 0 Å². The SMILES string of the molecule is C[C@@H](C(=O)Nc1cc(C(F)(F)F)ccc1Cl)N(c1ccccc1)S(C)(=O)=O. The monoisotopic (exact) mass is 420 g/mol. The molecule has 0 fully saturated rings. The second kappa shape index (κ2) is 7.77. The van der Waals surface area contributed by atoms with Crippen molar-refractivity contribution >= 4 is 38.9 Å². The molecule has 146 valence electrons. The van der Waals surface area contributed by atoms with Gasteiger partial charge >= 0.3 is 6.18 Å². The van der Waals surface area contributed by atoms with E-state index in [0.29, 0.717) is 6.07 Å². The van der Waals surface area contributed by atoms with Crippen molar-refractivity contribution < 1.29 is 26.4 Å². The number of amides is 1. The summed E-state index contributed by atoms with van der Waals surface area (Å²) in [6.45, 7) is 1.32. The summed E-state index contributed by atoms with van der Waals surface area (Å²) in [5.41, 5.74) is -1.000. The molecule has 1 N–H and O–H groups in total. The lowest BCUT2D eigenvalue weighted by Crippen LogP contribution is -2.45. The molecule has 2 aromatic rings. The summed E-state index contributed by atoms with van der Waals surface area (Å²) in [6, 6.07) is 9.14. The maximum absolute atomic E-state index is 12.9. The van der Waals surface area contributed by atoms with Gasteiger partial charge in [-0.15, -0.1) is 0 Å². The molecule has 1 atom stereocenters. The molecule has 0 aliphatic rings. The molecule has 1 amide bonds. The van der Waals surface area contributed by atoms with Gasteiger partial charge < -0.3 is 5.32 Å². The fourth-order valence-electron chi connectivity index (χ4n) is 2.42. The van der Waals surface area contributed by atoms with Crippen molar-refractivity contribution in [1.82, 2.24) is 0 Å². The van der Waals surface area contributed by atoms with E-state index in [-0.39, 0.29) is 16.4 Å². The zero-order chi connectivity index (χ0) is 20.4. The van der Waals surface area contributed by atoms with Crippen molar-refractivity contribution in [2.75, 3.05) is 15.9 Å². The van der Waals surface area contributed by atoms with Gasteiger partial charge in [0.2, 0.25) is 15.9 Å². The van der Waals surface area contributed by atoms with E-state index in [1.807, 2.05) is 0 Å². The third kappa shape index (κ3) is 5.14. The Labute approximate surface area is 159 Å². The maximum atomic E-state index is 12.9. The Morgan fingerprint density at radius 2 is 1.74 bits per heavy atom. The summed E-state index contributed by atoms with van der Waals surface area (Å²) in [6.07, 6.45) is -3.68. The summed E-state index contributed by atoms with van der Waals surface area (Å²) in [4.78, 5) is 12.5. The van der Waals surface area contributed by atoms with E-state index >= 15 is 0 Å². The first-order valence-electron chi connectivity index (χ1n) is 7.63. The smallest absolute Gasteiger partial charge is 0.323 e. The predicted octanol–water partition coefficient (Wildman–Crippen LogP) is 4.15. The van der Waals surface area contributed by atoms with Gasteiger partial charge in [0.1, 0.15) is 6.04 Å². The first-order valence-corrected chi connectivity index (χ1v) is 9.86. The van der Waals surface area contributed by atoms with Gasteiger partial charge in [-0.25, -0.2) is 8.42 Å². The average molecular weight is 421 g/mol. The van der Waals surface area contributed by atoms with Gasteiger partial charge in [0.15, 0.2) is 0 Å². The van der Waals surface area contributed by atoms with E-state index in [2.05, 4.69) is 5.32 Å². The molecule has 0 spiro atoms. The van der Waals surface area contributed by atoms with E-state index in [4.69, 9.17) is 11.6 Å². The van der Waals surface area contributed by atoms with Crippen LogP contribution >= 0.6 is 11.6 Å². The van der Waals surface area contributed by atoms with Crippen LogP contribution < -0.4 is 9.62 Å². The highest BCUT2D eigenvalue weighted by Crippen LogP contribution is 2.34. The lowest BCUT2D eigenvalue weighted by molar-refractivity contribution is -0.137. The van der Waals surface area contributed by atoms with Gasteiger partial charge in [0, 0.05) is 0 Å². The zero-order valence-electron chi connectivity index (χ0n) is 14.3. The highest BCUT2D eigenvalue weighted by molar-refractivity contribution is 7.92. The highest BCUT2D eigenvalue weighted by atomic mass is 35.5. The zero-order valence-corrected chi connectivity index (χ0v) is 15.9. The molecule has 2 rings (SSSR count). The molecule has 5 nitrogen and oxygen atoms in total. The second-order valence-electron chi connectivity index (χ2n) is 5.75. The number of sulfonamides is 1. The third-order valence-electron chi connectivity index (χ3n) is 3.65. The van der Waals surface area contributed by atoms with Crippen LogP contribution in [0.25, 0.3) is 0 Å². The Kier molecular flexibility index (Phi) is 6.06. The fraction of sp³-hybridized carbons (Fsp3) is 0.235. The van der Waals surface area contributed by atoms with E-state index in [9.17, 15) is 26.4 Å². The quantitative estimate of drug-likeness (QED) is 0.790. The molecule has 0 aliphatic carbocycles. The molecule has 0 heterocycles. The van der Waals surface area contributed by atoms with Crippen LogP contribution in [-0.4, -0.2) is 26.6 Å². The highest BCUT2D eigenvalue weighted by Gasteiger charge is 2.32. The minimum Gasteiger partial charge on any atom is -0.323 e. The fourth-order valence-corrected chi connectivity index (χ4v) is 3.76. The number of anilines is 2. The van der Waals surface area contributed by atoms with Gasteiger partial charge in [0.05, 0.1) is 28.2 Å². The Morgan fingerprint density at radius 3 is 2.26 bits per heavy atom. The van der Waals surface area contributed by atoms with Crippen LogP contribution in [0.1, 0.15) is 12.5 Å². The van der Waals surface area contributed by atoms with E-state index in [1.165, 1.54) is 19.1 Å². The van der Waals surface area contributed by atoms with Gasteiger partial charge in [0.25, 0.3) is 0 Å². The van der Waals surface area contributed by atoms with Crippen molar-refractivity contribution in [3.05, 3.63) is 59.1 Å². The summed E-state index contributed by atoms with van der Waals surface area (Å²) in [5, 5.41) is 2.17. The molecule has 0 unspecified atom stereocenters. The molecule has 2 aromatic carbocycles. The molecule has 0 aromatic heterocycles. The summed E-state index contributed by atoms with van der Waals surface area (Å²) in [7, 11) is -3.84. The van der Waals surface area contributed by atoms with Crippen LogP contribution in [0, 0.1) is 0 Å². The number of para-hydroxylation sites is 1. The molecular weight excluding hydrogens is 405 g/mol. The number of benzene rings is 2. The lowest BCUT2D eigenvalue weighted by atomic mass is 10.2. The molecule has 0 bridgehead atoms. The van der Waals surface area contributed by atoms with Crippen molar-refractivity contribution in [2.45, 2.75) is 19.1 Å². The normalized spacial score (nSPS) is 13.1. The molecule has 0 radical (unpaired) electrons. The van der Waals surface area contributed by atoms with Gasteiger partial charge in [-0.3, -0.25) is 9.10 Å². The minimum absolute atomic E-state index is 0.103. The van der Waals surface area contributed by atoms with Crippen LogP contribution in [0.4, 0.5) is 24.5 Å². The summed E-state index contributed by atoms with van der Waals surface area (Å²) >= 11 is 5.87. The number of carbonyl (C=O) groups is 1. The van der Waals surface area contributed by atoms with Crippen molar-refractivity contribution in [3.63, 3.8) is 0 Å². The number of halogens is 4. The van der Waals surface area contributed by atoms with Crippen LogP contribution in [0.15, 0.2) is 48.5 Å². The van der Waals surface area contributed by atoms with E-state index < -0.39 is 33.7 Å². The number of hydrogen-bond acceptors (Lipinski definition) is 3. The average Bonchev–Trinajstić information content (AvgIpc) is 2.55. The third-order valence-corrected chi connectivity index (χ3v) is 5.22. The Hall–Kier alpha value is -2.26. The first kappa shape index (κ1) is 21.0.